The monoisotopic (exact) mass is 269 g/mol. The highest BCUT2D eigenvalue weighted by Crippen LogP contribution is 2.15. The van der Waals surface area contributed by atoms with Gasteiger partial charge in [-0.3, -0.25) is 4.79 Å². The van der Waals surface area contributed by atoms with Gasteiger partial charge in [0.05, 0.1) is 13.5 Å². The molecule has 0 aliphatic heterocycles. The number of carbonyl (C=O) groups excluding carboxylic acids is 1. The van der Waals surface area contributed by atoms with Crippen molar-refractivity contribution in [3.8, 4) is 5.75 Å². The molecule has 2 aromatic rings. The first-order chi connectivity index (χ1) is 9.71. The maximum Gasteiger partial charge on any atom is 0.228 e. The van der Waals surface area contributed by atoms with Crippen LogP contribution in [0, 0.1) is 0 Å². The summed E-state index contributed by atoms with van der Waals surface area (Å²) >= 11 is 0. The molecule has 0 unspecified atom stereocenters. The van der Waals surface area contributed by atoms with Gasteiger partial charge in [-0.05, 0) is 41.8 Å². The summed E-state index contributed by atoms with van der Waals surface area (Å²) in [5.74, 6) is 0.762. The molecule has 0 saturated carbocycles. The normalized spacial score (nSPS) is 10.1. The molecule has 0 saturated heterocycles. The highest BCUT2D eigenvalue weighted by Gasteiger charge is 2.04. The van der Waals surface area contributed by atoms with Crippen LogP contribution in [0.5, 0.6) is 5.75 Å². The number of nitrogens with one attached hydrogen (secondary N) is 1. The summed E-state index contributed by atoms with van der Waals surface area (Å²) in [7, 11) is 1.62. The number of anilines is 1. The van der Waals surface area contributed by atoms with Gasteiger partial charge in [-0.25, -0.2) is 0 Å². The Bertz CT molecular complexity index is 507. The number of rotatable bonds is 5. The lowest BCUT2D eigenvalue weighted by Gasteiger charge is -2.07. The highest BCUT2D eigenvalue weighted by atomic mass is 16.5. The number of hydrogen-bond donors (Lipinski definition) is 1. The van der Waals surface area contributed by atoms with Crippen LogP contribution in [0.2, 0.25) is 0 Å². The lowest BCUT2D eigenvalue weighted by Crippen LogP contribution is -2.14. The van der Waals surface area contributed by atoms with Crippen LogP contribution < -0.4 is 10.1 Å². The van der Waals surface area contributed by atoms with Crippen LogP contribution in [-0.2, 0) is 17.6 Å². The Hall–Kier alpha value is -2.29. The van der Waals surface area contributed by atoms with E-state index in [1.54, 1.807) is 7.11 Å². The molecular weight excluding hydrogens is 250 g/mol. The van der Waals surface area contributed by atoms with Crippen molar-refractivity contribution in [2.45, 2.75) is 19.8 Å². The summed E-state index contributed by atoms with van der Waals surface area (Å²) in [4.78, 5) is 11.9. The second-order valence-corrected chi connectivity index (χ2v) is 4.62. The van der Waals surface area contributed by atoms with Crippen molar-refractivity contribution in [3.63, 3.8) is 0 Å². The third-order valence-corrected chi connectivity index (χ3v) is 3.17. The first kappa shape index (κ1) is 14.1. The van der Waals surface area contributed by atoms with Gasteiger partial charge in [0.1, 0.15) is 5.75 Å². The molecule has 0 aromatic heterocycles. The van der Waals surface area contributed by atoms with Crippen molar-refractivity contribution in [2.75, 3.05) is 12.4 Å². The molecule has 1 N–H and O–H groups in total. The van der Waals surface area contributed by atoms with Gasteiger partial charge >= 0.3 is 0 Å². The molecule has 104 valence electrons. The maximum absolute atomic E-state index is 11.9. The molecule has 20 heavy (non-hydrogen) atoms. The summed E-state index contributed by atoms with van der Waals surface area (Å²) in [5.41, 5.74) is 3.08. The molecule has 3 nitrogen and oxygen atoms in total. The topological polar surface area (TPSA) is 38.3 Å². The maximum atomic E-state index is 11.9. The van der Waals surface area contributed by atoms with E-state index in [1.165, 1.54) is 5.56 Å². The molecular formula is C17H19NO2. The fourth-order valence-corrected chi connectivity index (χ4v) is 1.96. The number of ether oxygens (including phenoxy) is 1. The highest BCUT2D eigenvalue weighted by molar-refractivity contribution is 5.92. The van der Waals surface area contributed by atoms with Gasteiger partial charge in [-0.1, -0.05) is 31.2 Å². The molecule has 1 amide bonds. The Kier molecular flexibility index (Phi) is 4.77. The van der Waals surface area contributed by atoms with Gasteiger partial charge < -0.3 is 10.1 Å². The van der Waals surface area contributed by atoms with Crippen molar-refractivity contribution in [3.05, 3.63) is 59.7 Å². The van der Waals surface area contributed by atoms with E-state index in [4.69, 9.17) is 4.74 Å². The lowest BCUT2D eigenvalue weighted by atomic mass is 10.1. The van der Waals surface area contributed by atoms with Gasteiger partial charge in [0, 0.05) is 5.69 Å². The second kappa shape index (κ2) is 6.75. The molecule has 0 atom stereocenters. The number of aryl methyl sites for hydroxylation is 1. The van der Waals surface area contributed by atoms with E-state index >= 15 is 0 Å². The first-order valence-electron chi connectivity index (χ1n) is 6.73. The number of carbonyl (C=O) groups is 1. The van der Waals surface area contributed by atoms with Crippen LogP contribution in [0.3, 0.4) is 0 Å². The number of methoxy groups -OCH3 is 1. The minimum atomic E-state index is -0.0144. The molecule has 3 heteroatoms. The van der Waals surface area contributed by atoms with E-state index in [0.29, 0.717) is 6.42 Å². The molecule has 0 radical (unpaired) electrons. The van der Waals surface area contributed by atoms with E-state index < -0.39 is 0 Å². The number of hydrogen-bond acceptors (Lipinski definition) is 2. The number of amides is 1. The van der Waals surface area contributed by atoms with E-state index in [0.717, 1.165) is 23.4 Å². The number of benzene rings is 2. The third-order valence-electron chi connectivity index (χ3n) is 3.17. The zero-order chi connectivity index (χ0) is 14.4. The zero-order valence-corrected chi connectivity index (χ0v) is 11.8. The van der Waals surface area contributed by atoms with Crippen molar-refractivity contribution < 1.29 is 9.53 Å². The van der Waals surface area contributed by atoms with Gasteiger partial charge in [0.25, 0.3) is 0 Å². The Balaban J connectivity index is 1.93. The molecule has 0 aliphatic carbocycles. The van der Waals surface area contributed by atoms with Crippen LogP contribution in [0.15, 0.2) is 48.5 Å². The van der Waals surface area contributed by atoms with E-state index in [-0.39, 0.29) is 5.91 Å². The van der Waals surface area contributed by atoms with Crippen LogP contribution in [-0.4, -0.2) is 13.0 Å². The fourth-order valence-electron chi connectivity index (χ4n) is 1.96. The van der Waals surface area contributed by atoms with Gasteiger partial charge in [-0.15, -0.1) is 0 Å². The van der Waals surface area contributed by atoms with Crippen molar-refractivity contribution in [1.82, 2.24) is 0 Å². The van der Waals surface area contributed by atoms with Crippen molar-refractivity contribution >= 4 is 11.6 Å². The Morgan fingerprint density at radius 1 is 1.00 bits per heavy atom. The van der Waals surface area contributed by atoms with E-state index in [1.807, 2.05) is 36.4 Å². The van der Waals surface area contributed by atoms with Crippen molar-refractivity contribution in [1.29, 1.82) is 0 Å². The minimum absolute atomic E-state index is 0.0144. The fraction of sp³-hybridized carbons (Fsp3) is 0.235. The summed E-state index contributed by atoms with van der Waals surface area (Å²) in [6.07, 6.45) is 1.40. The van der Waals surface area contributed by atoms with Gasteiger partial charge in [0.2, 0.25) is 5.91 Å². The van der Waals surface area contributed by atoms with Crippen LogP contribution in [0.1, 0.15) is 18.1 Å². The third kappa shape index (κ3) is 3.85. The Morgan fingerprint density at radius 2 is 1.60 bits per heavy atom. The molecule has 2 aromatic carbocycles. The molecule has 0 fully saturated rings. The molecule has 2 rings (SSSR count). The first-order valence-corrected chi connectivity index (χ1v) is 6.73. The van der Waals surface area contributed by atoms with Gasteiger partial charge in [0.15, 0.2) is 0 Å². The summed E-state index contributed by atoms with van der Waals surface area (Å²) in [6.45, 7) is 2.12. The predicted molar refractivity (Wildman–Crippen MR) is 81.1 cm³/mol. The predicted octanol–water partition coefficient (Wildman–Crippen LogP) is 3.44. The average molecular weight is 269 g/mol. The minimum Gasteiger partial charge on any atom is -0.497 e. The van der Waals surface area contributed by atoms with Gasteiger partial charge in [-0.2, -0.15) is 0 Å². The summed E-state index contributed by atoms with van der Waals surface area (Å²) in [6, 6.07) is 15.5. The lowest BCUT2D eigenvalue weighted by molar-refractivity contribution is -0.115. The summed E-state index contributed by atoms with van der Waals surface area (Å²) in [5, 5.41) is 2.88. The van der Waals surface area contributed by atoms with Crippen molar-refractivity contribution in [2.24, 2.45) is 0 Å². The summed E-state index contributed by atoms with van der Waals surface area (Å²) < 4.78 is 5.08. The van der Waals surface area contributed by atoms with E-state index in [9.17, 15) is 4.79 Å². The standard InChI is InChI=1S/C17H19NO2/c1-3-13-4-6-14(7-5-13)12-17(19)18-15-8-10-16(20-2)11-9-15/h4-11H,3,12H2,1-2H3,(H,18,19). The smallest absolute Gasteiger partial charge is 0.228 e. The second-order valence-electron chi connectivity index (χ2n) is 4.62. The SMILES string of the molecule is CCc1ccc(CC(=O)Nc2ccc(OC)cc2)cc1. The van der Waals surface area contributed by atoms with Crippen LogP contribution in [0.25, 0.3) is 0 Å². The largest absolute Gasteiger partial charge is 0.497 e. The Labute approximate surface area is 119 Å². The van der Waals surface area contributed by atoms with E-state index in [2.05, 4.69) is 24.4 Å². The molecule has 0 heterocycles. The molecule has 0 aliphatic rings. The molecule has 0 spiro atoms. The quantitative estimate of drug-likeness (QED) is 0.903. The Morgan fingerprint density at radius 3 is 2.15 bits per heavy atom. The van der Waals surface area contributed by atoms with Crippen LogP contribution >= 0.6 is 0 Å². The van der Waals surface area contributed by atoms with Crippen LogP contribution in [0.4, 0.5) is 5.69 Å². The average Bonchev–Trinajstić information content (AvgIpc) is 2.49. The zero-order valence-electron chi connectivity index (χ0n) is 11.8. The molecule has 0 bridgehead atoms.